The van der Waals surface area contributed by atoms with E-state index < -0.39 is 0 Å². The quantitative estimate of drug-likeness (QED) is 0.834. The van der Waals surface area contributed by atoms with Crippen molar-refractivity contribution >= 4 is 17.2 Å². The number of hydrogen-bond donors (Lipinski definition) is 1. The zero-order chi connectivity index (χ0) is 18.1. The zero-order valence-electron chi connectivity index (χ0n) is 15.2. The van der Waals surface area contributed by atoms with E-state index in [2.05, 4.69) is 32.2 Å². The van der Waals surface area contributed by atoms with Gasteiger partial charge in [-0.2, -0.15) is 0 Å². The molecule has 0 bridgehead atoms. The Morgan fingerprint density at radius 3 is 2.62 bits per heavy atom. The molecule has 0 radical (unpaired) electrons. The topological polar surface area (TPSA) is 74.5 Å². The number of aromatic nitrogens is 2. The van der Waals surface area contributed by atoms with Gasteiger partial charge in [0.1, 0.15) is 0 Å². The number of hydrogen-bond acceptors (Lipinski definition) is 7. The van der Waals surface area contributed by atoms with E-state index in [-0.39, 0.29) is 18.0 Å². The highest BCUT2D eigenvalue weighted by atomic mass is 32.1. The maximum Gasteiger partial charge on any atom is 0.257 e. The summed E-state index contributed by atoms with van der Waals surface area (Å²) in [4.78, 5) is 17.8. The van der Waals surface area contributed by atoms with Crippen LogP contribution < -0.4 is 5.32 Å². The predicted molar refractivity (Wildman–Crippen MR) is 99.8 cm³/mol. The molecule has 2 aromatic rings. The lowest BCUT2D eigenvalue weighted by atomic mass is 10.2. The van der Waals surface area contributed by atoms with Crippen LogP contribution in [0.25, 0.3) is 10.8 Å². The van der Waals surface area contributed by atoms with Crippen molar-refractivity contribution in [2.24, 2.45) is 0 Å². The Labute approximate surface area is 157 Å². The van der Waals surface area contributed by atoms with Crippen molar-refractivity contribution in [3.05, 3.63) is 23.4 Å². The summed E-state index contributed by atoms with van der Waals surface area (Å²) in [6.07, 6.45) is 2.25. The lowest BCUT2D eigenvalue weighted by molar-refractivity contribution is -0.126. The van der Waals surface area contributed by atoms with Gasteiger partial charge in [0.15, 0.2) is 0 Å². The summed E-state index contributed by atoms with van der Waals surface area (Å²) in [5.74, 6) is 1.40. The normalized spacial score (nSPS) is 21.5. The van der Waals surface area contributed by atoms with Crippen molar-refractivity contribution in [3.8, 4) is 10.8 Å². The predicted octanol–water partition coefficient (Wildman–Crippen LogP) is 2.14. The number of amides is 1. The first-order chi connectivity index (χ1) is 12.6. The zero-order valence-corrected chi connectivity index (χ0v) is 16.0. The van der Waals surface area contributed by atoms with E-state index in [1.54, 1.807) is 11.3 Å². The number of thiophene rings is 1. The molecule has 0 unspecified atom stereocenters. The highest BCUT2D eigenvalue weighted by Gasteiger charge is 2.32. The average molecular weight is 375 g/mol. The Kier molecular flexibility index (Phi) is 5.06. The largest absolute Gasteiger partial charge is 0.418 e. The maximum atomic E-state index is 12.2. The van der Waals surface area contributed by atoms with E-state index in [9.17, 15) is 4.79 Å². The van der Waals surface area contributed by atoms with Crippen LogP contribution in [0.3, 0.4) is 0 Å². The molecule has 1 amide bonds. The second-order valence-corrected chi connectivity index (χ2v) is 8.08. The number of nitrogens with one attached hydrogen (secondary N) is 1. The van der Waals surface area contributed by atoms with E-state index in [4.69, 9.17) is 4.42 Å². The van der Waals surface area contributed by atoms with Gasteiger partial charge >= 0.3 is 0 Å². The van der Waals surface area contributed by atoms with Crippen molar-refractivity contribution in [1.29, 1.82) is 0 Å². The number of nitrogens with zero attached hydrogens (tertiary/aromatic N) is 4. The van der Waals surface area contributed by atoms with Gasteiger partial charge in [0.05, 0.1) is 17.0 Å². The third kappa shape index (κ3) is 3.82. The van der Waals surface area contributed by atoms with Crippen LogP contribution in [0.15, 0.2) is 21.9 Å². The van der Waals surface area contributed by atoms with Gasteiger partial charge < -0.3 is 9.73 Å². The number of carbonyl (C=O) groups excluding carboxylic acids is 1. The van der Waals surface area contributed by atoms with Gasteiger partial charge in [-0.1, -0.05) is 6.07 Å². The third-order valence-corrected chi connectivity index (χ3v) is 6.14. The van der Waals surface area contributed by atoms with E-state index >= 15 is 0 Å². The van der Waals surface area contributed by atoms with E-state index in [0.717, 1.165) is 43.9 Å². The van der Waals surface area contributed by atoms with E-state index in [0.29, 0.717) is 17.8 Å². The molecular weight excluding hydrogens is 350 g/mol. The van der Waals surface area contributed by atoms with Crippen LogP contribution in [0.1, 0.15) is 38.6 Å². The average Bonchev–Trinajstić information content (AvgIpc) is 3.14. The number of piperazine rings is 1. The van der Waals surface area contributed by atoms with Crippen LogP contribution in [0.4, 0.5) is 0 Å². The van der Waals surface area contributed by atoms with Crippen molar-refractivity contribution in [2.75, 3.05) is 26.2 Å². The summed E-state index contributed by atoms with van der Waals surface area (Å²) >= 11 is 1.60. The minimum absolute atomic E-state index is 0.0677. The SMILES string of the molecule is C[C@H](C(=O)NC1CC1)N1CCN([C@H](C)c2nnc(-c3cccs3)o2)CC1. The molecular formula is C18H25N5O2S. The van der Waals surface area contributed by atoms with Crippen molar-refractivity contribution in [1.82, 2.24) is 25.3 Å². The molecule has 2 fully saturated rings. The molecule has 1 saturated heterocycles. The Hall–Kier alpha value is -1.77. The molecule has 3 heterocycles. The van der Waals surface area contributed by atoms with Crippen LogP contribution in [0, 0.1) is 0 Å². The van der Waals surface area contributed by atoms with Crippen molar-refractivity contribution in [3.63, 3.8) is 0 Å². The van der Waals surface area contributed by atoms with Gasteiger partial charge in [-0.05, 0) is 38.1 Å². The Morgan fingerprint density at radius 2 is 1.96 bits per heavy atom. The first-order valence-electron chi connectivity index (χ1n) is 9.27. The molecule has 1 saturated carbocycles. The lowest BCUT2D eigenvalue weighted by Gasteiger charge is -2.39. The molecule has 7 nitrogen and oxygen atoms in total. The molecule has 1 aliphatic heterocycles. The number of carbonyl (C=O) groups is 1. The fraction of sp³-hybridized carbons (Fsp3) is 0.611. The molecule has 2 atom stereocenters. The second-order valence-electron chi connectivity index (χ2n) is 7.13. The Bertz CT molecular complexity index is 735. The van der Waals surface area contributed by atoms with E-state index in [1.165, 1.54) is 0 Å². The van der Waals surface area contributed by atoms with Gasteiger partial charge in [0.2, 0.25) is 11.8 Å². The summed E-state index contributed by atoms with van der Waals surface area (Å²) in [5.41, 5.74) is 0. The van der Waals surface area contributed by atoms with Crippen molar-refractivity contribution < 1.29 is 9.21 Å². The first kappa shape index (κ1) is 17.6. The van der Waals surface area contributed by atoms with Crippen LogP contribution in [-0.2, 0) is 4.79 Å². The number of rotatable bonds is 6. The third-order valence-electron chi connectivity index (χ3n) is 5.28. The van der Waals surface area contributed by atoms with Crippen LogP contribution >= 0.6 is 11.3 Å². The standard InChI is InChI=1S/C18H25N5O2S/c1-12(16(24)19-14-5-6-14)22-7-9-23(10-8-22)13(2)17-20-21-18(25-17)15-4-3-11-26-15/h3-4,11-14H,5-10H2,1-2H3,(H,19,24)/t12-,13-/m1/s1. The van der Waals surface area contributed by atoms with Gasteiger partial charge in [0.25, 0.3) is 5.89 Å². The molecule has 1 N–H and O–H groups in total. The van der Waals surface area contributed by atoms with Gasteiger partial charge in [0, 0.05) is 32.2 Å². The summed E-state index contributed by atoms with van der Waals surface area (Å²) in [5, 5.41) is 13.5. The fourth-order valence-electron chi connectivity index (χ4n) is 3.29. The molecule has 0 spiro atoms. The highest BCUT2D eigenvalue weighted by molar-refractivity contribution is 7.13. The van der Waals surface area contributed by atoms with Gasteiger partial charge in [-0.15, -0.1) is 21.5 Å². The lowest BCUT2D eigenvalue weighted by Crippen LogP contribution is -2.54. The monoisotopic (exact) mass is 375 g/mol. The Morgan fingerprint density at radius 1 is 1.23 bits per heavy atom. The molecule has 26 heavy (non-hydrogen) atoms. The molecule has 0 aromatic carbocycles. The van der Waals surface area contributed by atoms with Crippen LogP contribution in [-0.4, -0.2) is 64.2 Å². The molecule has 140 valence electrons. The summed E-state index contributed by atoms with van der Waals surface area (Å²) in [6.45, 7) is 7.62. The fourth-order valence-corrected chi connectivity index (χ4v) is 3.93. The van der Waals surface area contributed by atoms with Crippen LogP contribution in [0.2, 0.25) is 0 Å². The molecule has 2 aromatic heterocycles. The van der Waals surface area contributed by atoms with Crippen LogP contribution in [0.5, 0.6) is 0 Å². The van der Waals surface area contributed by atoms with E-state index in [1.807, 2.05) is 24.4 Å². The first-order valence-corrected chi connectivity index (χ1v) is 10.2. The summed E-state index contributed by atoms with van der Waals surface area (Å²) in [7, 11) is 0. The highest BCUT2D eigenvalue weighted by Crippen LogP contribution is 2.27. The molecule has 4 rings (SSSR count). The molecule has 1 aliphatic carbocycles. The second kappa shape index (κ2) is 7.46. The van der Waals surface area contributed by atoms with Gasteiger partial charge in [-0.3, -0.25) is 14.6 Å². The Balaban J connectivity index is 1.32. The summed E-state index contributed by atoms with van der Waals surface area (Å²) in [6, 6.07) is 4.39. The van der Waals surface area contributed by atoms with Crippen molar-refractivity contribution in [2.45, 2.75) is 44.8 Å². The minimum atomic E-state index is -0.0677. The molecule has 2 aliphatic rings. The summed E-state index contributed by atoms with van der Waals surface area (Å²) < 4.78 is 5.88. The van der Waals surface area contributed by atoms with Gasteiger partial charge in [-0.25, -0.2) is 0 Å². The molecule has 8 heteroatoms. The minimum Gasteiger partial charge on any atom is -0.418 e. The smallest absolute Gasteiger partial charge is 0.257 e. The maximum absolute atomic E-state index is 12.2.